The molecule has 1 aromatic carbocycles. The third kappa shape index (κ3) is 2.34. The van der Waals surface area contributed by atoms with Crippen molar-refractivity contribution < 1.29 is 4.39 Å². The number of nitrogens with two attached hydrogens (primary N) is 1. The Hall–Kier alpha value is -2.70. The molecule has 0 atom stereocenters. The molecule has 0 bridgehead atoms. The van der Waals surface area contributed by atoms with Gasteiger partial charge in [0.05, 0.1) is 0 Å². The molecule has 0 amide bonds. The van der Waals surface area contributed by atoms with Crippen molar-refractivity contribution in [2.75, 3.05) is 5.32 Å². The number of nitrogens with zero attached hydrogens (tertiary/aromatic N) is 2. The topological polar surface area (TPSA) is 104 Å². The zero-order chi connectivity index (χ0) is 13.1. The van der Waals surface area contributed by atoms with Gasteiger partial charge < -0.3 is 11.1 Å². The van der Waals surface area contributed by atoms with Crippen LogP contribution in [0.25, 0.3) is 0 Å². The van der Waals surface area contributed by atoms with Gasteiger partial charge in [-0.1, -0.05) is 6.07 Å². The zero-order valence-electron chi connectivity index (χ0n) is 9.31. The molecule has 2 aromatic rings. The van der Waals surface area contributed by atoms with Crippen molar-refractivity contribution in [3.63, 3.8) is 0 Å². The maximum atomic E-state index is 13.0. The van der Waals surface area contributed by atoms with Crippen molar-refractivity contribution in [2.45, 2.75) is 0 Å². The van der Waals surface area contributed by atoms with Crippen LogP contribution in [0.3, 0.4) is 0 Å². The Morgan fingerprint density at radius 1 is 1.44 bits per heavy atom. The summed E-state index contributed by atoms with van der Waals surface area (Å²) in [5, 5.41) is 17.9. The standard InChI is InChI=1S/C11H11FN6/c12-7-2-1-3-8(6-7)17-10-9(13)18(11(14)15)5-4-16-10/h1-6,13H,(H3,14,15)(H,16,17). The van der Waals surface area contributed by atoms with E-state index in [0.717, 1.165) is 4.57 Å². The Kier molecular flexibility index (Phi) is 3.05. The maximum absolute atomic E-state index is 13.0. The minimum absolute atomic E-state index is 0.0748. The Bertz CT molecular complexity index is 648. The molecule has 0 saturated heterocycles. The fraction of sp³-hybridized carbons (Fsp3) is 0. The van der Waals surface area contributed by atoms with E-state index in [1.807, 2.05) is 0 Å². The number of nitrogens with one attached hydrogen (secondary N) is 3. The summed E-state index contributed by atoms with van der Waals surface area (Å²) in [7, 11) is 0. The van der Waals surface area contributed by atoms with Crippen LogP contribution in [0.15, 0.2) is 36.7 Å². The summed E-state index contributed by atoms with van der Waals surface area (Å²) in [6, 6.07) is 5.80. The van der Waals surface area contributed by atoms with Crippen LogP contribution in [0.5, 0.6) is 0 Å². The van der Waals surface area contributed by atoms with Crippen molar-refractivity contribution in [3.8, 4) is 0 Å². The molecule has 0 aliphatic heterocycles. The highest BCUT2D eigenvalue weighted by Gasteiger charge is 2.04. The van der Waals surface area contributed by atoms with E-state index >= 15 is 0 Å². The minimum Gasteiger partial charge on any atom is -0.369 e. The number of anilines is 2. The second-order valence-electron chi connectivity index (χ2n) is 3.52. The molecular weight excluding hydrogens is 235 g/mol. The van der Waals surface area contributed by atoms with Gasteiger partial charge in [0.15, 0.2) is 17.3 Å². The van der Waals surface area contributed by atoms with Gasteiger partial charge in [0, 0.05) is 18.1 Å². The summed E-state index contributed by atoms with van der Waals surface area (Å²) < 4.78 is 14.2. The highest BCUT2D eigenvalue weighted by atomic mass is 19.1. The molecule has 0 aliphatic rings. The number of nitrogen functional groups attached to an aromatic ring is 1. The summed E-state index contributed by atoms with van der Waals surface area (Å²) in [5.41, 5.74) is 5.71. The van der Waals surface area contributed by atoms with Crippen LogP contribution in [0, 0.1) is 16.6 Å². The van der Waals surface area contributed by atoms with E-state index in [4.69, 9.17) is 16.6 Å². The van der Waals surface area contributed by atoms with E-state index in [-0.39, 0.29) is 23.1 Å². The molecular formula is C11H11FN6. The maximum Gasteiger partial charge on any atom is 0.198 e. The number of rotatable bonds is 2. The molecule has 0 radical (unpaired) electrons. The summed E-state index contributed by atoms with van der Waals surface area (Å²) in [4.78, 5) is 3.95. The van der Waals surface area contributed by atoms with Gasteiger partial charge in [-0.15, -0.1) is 0 Å². The van der Waals surface area contributed by atoms with E-state index in [9.17, 15) is 4.39 Å². The zero-order valence-corrected chi connectivity index (χ0v) is 9.31. The smallest absolute Gasteiger partial charge is 0.198 e. The number of halogens is 1. The fourth-order valence-corrected chi connectivity index (χ4v) is 1.42. The minimum atomic E-state index is -0.387. The van der Waals surface area contributed by atoms with Crippen LogP contribution in [-0.2, 0) is 0 Å². The van der Waals surface area contributed by atoms with Crippen molar-refractivity contribution in [3.05, 3.63) is 48.0 Å². The lowest BCUT2D eigenvalue weighted by Gasteiger charge is -2.09. The van der Waals surface area contributed by atoms with Crippen LogP contribution >= 0.6 is 0 Å². The summed E-state index contributed by atoms with van der Waals surface area (Å²) >= 11 is 0. The molecule has 1 heterocycles. The van der Waals surface area contributed by atoms with Gasteiger partial charge >= 0.3 is 0 Å². The molecule has 0 saturated carbocycles. The molecule has 2 rings (SSSR count). The molecule has 92 valence electrons. The monoisotopic (exact) mass is 246 g/mol. The van der Waals surface area contributed by atoms with Gasteiger partial charge in [-0.3, -0.25) is 15.4 Å². The number of aromatic nitrogens is 2. The molecule has 0 spiro atoms. The predicted molar refractivity (Wildman–Crippen MR) is 65.1 cm³/mol. The van der Waals surface area contributed by atoms with Crippen molar-refractivity contribution in [2.24, 2.45) is 5.73 Å². The summed E-state index contributed by atoms with van der Waals surface area (Å²) in [6.45, 7) is 0. The van der Waals surface area contributed by atoms with Gasteiger partial charge in [0.1, 0.15) is 5.82 Å². The average Bonchev–Trinajstić information content (AvgIpc) is 2.31. The van der Waals surface area contributed by atoms with Gasteiger partial charge in [-0.25, -0.2) is 9.37 Å². The molecule has 7 heteroatoms. The van der Waals surface area contributed by atoms with E-state index < -0.39 is 0 Å². The molecule has 0 fully saturated rings. The number of hydrogen-bond donors (Lipinski definition) is 4. The normalized spacial score (nSPS) is 10.1. The number of hydrogen-bond acceptors (Lipinski definition) is 4. The molecule has 0 aliphatic carbocycles. The Morgan fingerprint density at radius 2 is 2.22 bits per heavy atom. The van der Waals surface area contributed by atoms with Crippen LogP contribution in [0.1, 0.15) is 0 Å². The SMILES string of the molecule is N=C(N)n1ccnc(Nc2cccc(F)c2)c1=N. The van der Waals surface area contributed by atoms with Crippen molar-refractivity contribution >= 4 is 17.5 Å². The third-order valence-corrected chi connectivity index (χ3v) is 2.23. The average molecular weight is 246 g/mol. The fourth-order valence-electron chi connectivity index (χ4n) is 1.42. The Balaban J connectivity index is 2.38. The van der Waals surface area contributed by atoms with Gasteiger partial charge in [-0.05, 0) is 18.2 Å². The van der Waals surface area contributed by atoms with Gasteiger partial charge in [0.2, 0.25) is 0 Å². The lowest BCUT2D eigenvalue weighted by Crippen LogP contribution is -2.33. The third-order valence-electron chi connectivity index (χ3n) is 2.23. The lowest BCUT2D eigenvalue weighted by atomic mass is 10.3. The van der Waals surface area contributed by atoms with Crippen molar-refractivity contribution in [1.29, 1.82) is 10.8 Å². The van der Waals surface area contributed by atoms with Crippen molar-refractivity contribution in [1.82, 2.24) is 9.55 Å². The van der Waals surface area contributed by atoms with E-state index in [2.05, 4.69) is 10.3 Å². The largest absolute Gasteiger partial charge is 0.369 e. The van der Waals surface area contributed by atoms with E-state index in [0.29, 0.717) is 5.69 Å². The van der Waals surface area contributed by atoms with Crippen LogP contribution in [0.4, 0.5) is 15.9 Å². The summed E-state index contributed by atoms with van der Waals surface area (Å²) in [5.74, 6) is -0.482. The molecule has 6 nitrogen and oxygen atoms in total. The highest BCUT2D eigenvalue weighted by molar-refractivity contribution is 5.77. The highest BCUT2D eigenvalue weighted by Crippen LogP contribution is 2.12. The van der Waals surface area contributed by atoms with Gasteiger partial charge in [-0.2, -0.15) is 0 Å². The van der Waals surface area contributed by atoms with Gasteiger partial charge in [0.25, 0.3) is 0 Å². The first-order valence-corrected chi connectivity index (χ1v) is 5.07. The number of benzene rings is 1. The van der Waals surface area contributed by atoms with Crippen LogP contribution in [-0.4, -0.2) is 15.5 Å². The Morgan fingerprint density at radius 3 is 2.89 bits per heavy atom. The Labute approximate surface area is 102 Å². The first-order chi connectivity index (χ1) is 8.58. The van der Waals surface area contributed by atoms with Crippen LogP contribution in [0.2, 0.25) is 0 Å². The lowest BCUT2D eigenvalue weighted by molar-refractivity contribution is 0.628. The molecule has 1 aromatic heterocycles. The molecule has 0 unspecified atom stereocenters. The molecule has 5 N–H and O–H groups in total. The van der Waals surface area contributed by atoms with E-state index in [1.165, 1.54) is 24.5 Å². The second-order valence-corrected chi connectivity index (χ2v) is 3.52. The summed E-state index contributed by atoms with van der Waals surface area (Å²) in [6.07, 6.45) is 2.81. The quantitative estimate of drug-likeness (QED) is 0.469. The van der Waals surface area contributed by atoms with E-state index in [1.54, 1.807) is 12.1 Å². The first kappa shape index (κ1) is 11.8. The molecule has 18 heavy (non-hydrogen) atoms. The predicted octanol–water partition coefficient (Wildman–Crippen LogP) is 0.987. The first-order valence-electron chi connectivity index (χ1n) is 5.07. The van der Waals surface area contributed by atoms with Crippen LogP contribution < -0.4 is 16.5 Å². The second kappa shape index (κ2) is 4.66.